The Morgan fingerprint density at radius 1 is 1.64 bits per heavy atom. The Labute approximate surface area is 65.2 Å². The lowest BCUT2D eigenvalue weighted by Gasteiger charge is -2.22. The smallest absolute Gasteiger partial charge is 0.355 e. The van der Waals surface area contributed by atoms with Crippen molar-refractivity contribution < 1.29 is 9.90 Å². The van der Waals surface area contributed by atoms with Crippen LogP contribution in [0.1, 0.15) is 13.8 Å². The quantitative estimate of drug-likeness (QED) is 0.292. The van der Waals surface area contributed by atoms with Crippen molar-refractivity contribution in [3.63, 3.8) is 0 Å². The van der Waals surface area contributed by atoms with Gasteiger partial charge in [-0.15, -0.1) is 0 Å². The minimum absolute atomic E-state index is 0.0825. The molecule has 0 aromatic carbocycles. The zero-order valence-corrected chi connectivity index (χ0v) is 6.61. The molecule has 0 saturated heterocycles. The molecule has 5 heteroatoms. The standard InChI is InChI=1S/C6H13N3O2/c1-4(2)9(8)5(3-7)6(10)11/h3-4H,7-8H2,1-2H3,(H,10,11)/b5-3-. The van der Waals surface area contributed by atoms with E-state index in [4.69, 9.17) is 16.7 Å². The zero-order valence-electron chi connectivity index (χ0n) is 6.61. The first kappa shape index (κ1) is 9.77. The van der Waals surface area contributed by atoms with Crippen LogP contribution in [0.25, 0.3) is 0 Å². The number of carboxylic acid groups (broad SMARTS) is 1. The summed E-state index contributed by atoms with van der Waals surface area (Å²) in [6.45, 7) is 3.54. The van der Waals surface area contributed by atoms with E-state index < -0.39 is 5.97 Å². The molecule has 0 aliphatic heterocycles. The summed E-state index contributed by atoms with van der Waals surface area (Å²) in [5.41, 5.74) is 4.95. The Kier molecular flexibility index (Phi) is 3.39. The van der Waals surface area contributed by atoms with Gasteiger partial charge in [0, 0.05) is 12.2 Å². The monoisotopic (exact) mass is 159 g/mol. The lowest BCUT2D eigenvalue weighted by molar-refractivity contribution is -0.134. The lowest BCUT2D eigenvalue weighted by atomic mass is 10.3. The summed E-state index contributed by atoms with van der Waals surface area (Å²) in [5.74, 6) is 4.25. The van der Waals surface area contributed by atoms with Crippen molar-refractivity contribution in [2.24, 2.45) is 11.6 Å². The summed E-state index contributed by atoms with van der Waals surface area (Å²) in [7, 11) is 0. The van der Waals surface area contributed by atoms with Crippen LogP contribution < -0.4 is 11.6 Å². The van der Waals surface area contributed by atoms with E-state index in [-0.39, 0.29) is 11.7 Å². The fraction of sp³-hybridized carbons (Fsp3) is 0.500. The molecule has 0 radical (unpaired) electrons. The van der Waals surface area contributed by atoms with E-state index in [1.54, 1.807) is 13.8 Å². The molecule has 0 amide bonds. The molecule has 0 aromatic rings. The first-order valence-electron chi connectivity index (χ1n) is 3.19. The molecule has 0 aliphatic rings. The van der Waals surface area contributed by atoms with Crippen LogP contribution in [0.3, 0.4) is 0 Å². The Bertz CT molecular complexity index is 177. The molecule has 0 unspecified atom stereocenters. The molecule has 64 valence electrons. The van der Waals surface area contributed by atoms with Gasteiger partial charge in [-0.05, 0) is 13.8 Å². The summed E-state index contributed by atoms with van der Waals surface area (Å²) < 4.78 is 0. The van der Waals surface area contributed by atoms with Gasteiger partial charge in [0.05, 0.1) is 0 Å². The maximum atomic E-state index is 10.4. The fourth-order valence-corrected chi connectivity index (χ4v) is 0.546. The van der Waals surface area contributed by atoms with E-state index in [1.165, 1.54) is 0 Å². The fourth-order valence-electron chi connectivity index (χ4n) is 0.546. The molecule has 11 heavy (non-hydrogen) atoms. The van der Waals surface area contributed by atoms with Crippen LogP contribution in [0.4, 0.5) is 0 Å². The van der Waals surface area contributed by atoms with Crippen molar-refractivity contribution >= 4 is 5.97 Å². The highest BCUT2D eigenvalue weighted by Gasteiger charge is 2.14. The maximum absolute atomic E-state index is 10.4. The summed E-state index contributed by atoms with van der Waals surface area (Å²) >= 11 is 0. The van der Waals surface area contributed by atoms with Crippen LogP contribution >= 0.6 is 0 Å². The first-order chi connectivity index (χ1) is 5.00. The number of rotatable bonds is 3. The van der Waals surface area contributed by atoms with Crippen molar-refractivity contribution in [2.75, 3.05) is 0 Å². The second-order valence-electron chi connectivity index (χ2n) is 2.36. The van der Waals surface area contributed by atoms with Crippen molar-refractivity contribution in [3.05, 3.63) is 11.9 Å². The van der Waals surface area contributed by atoms with Gasteiger partial charge in [-0.25, -0.2) is 10.6 Å². The molecule has 0 bridgehead atoms. The molecule has 0 atom stereocenters. The normalized spacial score (nSPS) is 11.8. The highest BCUT2D eigenvalue weighted by atomic mass is 16.4. The zero-order chi connectivity index (χ0) is 9.02. The van der Waals surface area contributed by atoms with Crippen LogP contribution in [0.15, 0.2) is 11.9 Å². The molecule has 0 aromatic heterocycles. The molecule has 0 saturated carbocycles. The average Bonchev–Trinajstić information content (AvgIpc) is 1.88. The second kappa shape index (κ2) is 3.82. The van der Waals surface area contributed by atoms with Gasteiger partial charge in [-0.1, -0.05) is 0 Å². The molecule has 0 spiro atoms. The minimum Gasteiger partial charge on any atom is -0.476 e. The Morgan fingerprint density at radius 3 is 2.18 bits per heavy atom. The maximum Gasteiger partial charge on any atom is 0.355 e. The third kappa shape index (κ3) is 2.46. The van der Waals surface area contributed by atoms with E-state index >= 15 is 0 Å². The second-order valence-corrected chi connectivity index (χ2v) is 2.36. The van der Waals surface area contributed by atoms with Gasteiger partial charge < -0.3 is 15.8 Å². The highest BCUT2D eigenvalue weighted by Crippen LogP contribution is 2.01. The van der Waals surface area contributed by atoms with Crippen molar-refractivity contribution in [1.82, 2.24) is 5.01 Å². The average molecular weight is 159 g/mol. The van der Waals surface area contributed by atoms with Crippen LogP contribution in [0, 0.1) is 0 Å². The topological polar surface area (TPSA) is 92.6 Å². The third-order valence-corrected chi connectivity index (χ3v) is 1.21. The van der Waals surface area contributed by atoms with Gasteiger partial charge in [0.2, 0.25) is 0 Å². The van der Waals surface area contributed by atoms with E-state index in [2.05, 4.69) is 0 Å². The number of nitrogens with two attached hydrogens (primary N) is 2. The molecular formula is C6H13N3O2. The highest BCUT2D eigenvalue weighted by molar-refractivity contribution is 5.85. The number of hydrogen-bond donors (Lipinski definition) is 3. The molecule has 0 heterocycles. The largest absolute Gasteiger partial charge is 0.476 e. The van der Waals surface area contributed by atoms with Crippen molar-refractivity contribution in [1.29, 1.82) is 0 Å². The van der Waals surface area contributed by atoms with Gasteiger partial charge in [-0.3, -0.25) is 0 Å². The number of hydrazine groups is 1. The molecular weight excluding hydrogens is 146 g/mol. The lowest BCUT2D eigenvalue weighted by Crippen LogP contribution is -2.39. The number of carboxylic acids is 1. The predicted octanol–water partition coefficient (Wildman–Crippen LogP) is -0.545. The molecule has 0 fully saturated rings. The Balaban J connectivity index is 4.41. The molecule has 0 rings (SSSR count). The van der Waals surface area contributed by atoms with Gasteiger partial charge in [0.25, 0.3) is 0 Å². The number of aliphatic carboxylic acids is 1. The van der Waals surface area contributed by atoms with Crippen LogP contribution in [-0.4, -0.2) is 22.1 Å². The van der Waals surface area contributed by atoms with Crippen LogP contribution in [0.5, 0.6) is 0 Å². The van der Waals surface area contributed by atoms with E-state index in [0.717, 1.165) is 11.2 Å². The summed E-state index contributed by atoms with van der Waals surface area (Å²) in [5, 5.41) is 9.62. The Hall–Kier alpha value is -1.23. The SMILES string of the molecule is CC(C)N(N)/C(=C\N)C(=O)O. The van der Waals surface area contributed by atoms with Crippen LogP contribution in [-0.2, 0) is 4.79 Å². The first-order valence-corrected chi connectivity index (χ1v) is 3.19. The van der Waals surface area contributed by atoms with Gasteiger partial charge in [0.15, 0.2) is 5.70 Å². The predicted molar refractivity (Wildman–Crippen MR) is 41.1 cm³/mol. The Morgan fingerprint density at radius 2 is 2.09 bits per heavy atom. The minimum atomic E-state index is -1.12. The summed E-state index contributed by atoms with van der Waals surface area (Å²) in [6.07, 6.45) is 0.975. The van der Waals surface area contributed by atoms with E-state index in [0.29, 0.717) is 0 Å². The van der Waals surface area contributed by atoms with Gasteiger partial charge >= 0.3 is 5.97 Å². The van der Waals surface area contributed by atoms with Crippen LogP contribution in [0.2, 0.25) is 0 Å². The van der Waals surface area contributed by atoms with Crippen molar-refractivity contribution in [2.45, 2.75) is 19.9 Å². The van der Waals surface area contributed by atoms with Crippen molar-refractivity contribution in [3.8, 4) is 0 Å². The van der Waals surface area contributed by atoms with E-state index in [9.17, 15) is 4.79 Å². The third-order valence-electron chi connectivity index (χ3n) is 1.21. The molecule has 0 aliphatic carbocycles. The molecule has 5 nitrogen and oxygen atoms in total. The van der Waals surface area contributed by atoms with E-state index in [1.807, 2.05) is 0 Å². The number of hydrogen-bond acceptors (Lipinski definition) is 4. The summed E-state index contributed by atoms with van der Waals surface area (Å²) in [6, 6.07) is -0.0825. The number of nitrogens with zero attached hydrogens (tertiary/aromatic N) is 1. The number of carbonyl (C=O) groups is 1. The van der Waals surface area contributed by atoms with Gasteiger partial charge in [0.1, 0.15) is 0 Å². The van der Waals surface area contributed by atoms with Gasteiger partial charge in [-0.2, -0.15) is 0 Å². The molecule has 5 N–H and O–H groups in total. The summed E-state index contributed by atoms with van der Waals surface area (Å²) in [4.78, 5) is 10.4.